The number of hydrogen-bond acceptors (Lipinski definition) is 4. The SMILES string of the molecule is CC(CCN)(CCN)O[Si](C)(C)CCCN. The summed E-state index contributed by atoms with van der Waals surface area (Å²) in [5.41, 5.74) is 16.7. The molecule has 0 aromatic heterocycles. The maximum atomic E-state index is 6.33. The van der Waals surface area contributed by atoms with E-state index < -0.39 is 8.32 Å². The molecule has 98 valence electrons. The van der Waals surface area contributed by atoms with Crippen LogP contribution in [-0.2, 0) is 4.43 Å². The Morgan fingerprint density at radius 2 is 1.50 bits per heavy atom. The zero-order valence-electron chi connectivity index (χ0n) is 11.1. The second kappa shape index (κ2) is 7.40. The lowest BCUT2D eigenvalue weighted by Gasteiger charge is -2.38. The summed E-state index contributed by atoms with van der Waals surface area (Å²) in [5, 5.41) is 0. The lowest BCUT2D eigenvalue weighted by Crippen LogP contribution is -2.45. The predicted octanol–water partition coefficient (Wildman–Crippen LogP) is 1.01. The van der Waals surface area contributed by atoms with Crippen molar-refractivity contribution in [1.29, 1.82) is 0 Å². The van der Waals surface area contributed by atoms with Crippen LogP contribution in [0.25, 0.3) is 0 Å². The molecule has 0 unspecified atom stereocenters. The Morgan fingerprint density at radius 3 is 1.88 bits per heavy atom. The van der Waals surface area contributed by atoms with Gasteiger partial charge in [0.2, 0.25) is 0 Å². The van der Waals surface area contributed by atoms with Crippen LogP contribution in [0, 0.1) is 0 Å². The summed E-state index contributed by atoms with van der Waals surface area (Å²) in [6, 6.07) is 1.11. The van der Waals surface area contributed by atoms with Crippen molar-refractivity contribution in [2.75, 3.05) is 19.6 Å². The number of hydrogen-bond donors (Lipinski definition) is 3. The smallest absolute Gasteiger partial charge is 0.187 e. The molecule has 0 atom stereocenters. The van der Waals surface area contributed by atoms with Gasteiger partial charge in [0, 0.05) is 0 Å². The molecule has 0 fully saturated rings. The first-order valence-electron chi connectivity index (χ1n) is 6.19. The van der Waals surface area contributed by atoms with Crippen LogP contribution in [0.3, 0.4) is 0 Å². The Balaban J connectivity index is 4.35. The molecule has 0 aromatic rings. The summed E-state index contributed by atoms with van der Waals surface area (Å²) in [6.45, 7) is 8.66. The van der Waals surface area contributed by atoms with E-state index in [4.69, 9.17) is 21.6 Å². The van der Waals surface area contributed by atoms with E-state index in [1.54, 1.807) is 0 Å². The average Bonchev–Trinajstić information content (AvgIpc) is 2.14. The minimum atomic E-state index is -1.63. The van der Waals surface area contributed by atoms with Gasteiger partial charge in [0.15, 0.2) is 8.32 Å². The van der Waals surface area contributed by atoms with E-state index in [1.807, 2.05) is 0 Å². The summed E-state index contributed by atoms with van der Waals surface area (Å²) in [6.07, 6.45) is 2.80. The van der Waals surface area contributed by atoms with Crippen LogP contribution in [0.15, 0.2) is 0 Å². The van der Waals surface area contributed by atoms with Gasteiger partial charge in [-0.25, -0.2) is 0 Å². The Kier molecular flexibility index (Phi) is 7.42. The molecule has 0 aliphatic carbocycles. The van der Waals surface area contributed by atoms with Crippen LogP contribution in [0.1, 0.15) is 26.2 Å². The molecule has 0 aliphatic heterocycles. The summed E-state index contributed by atoms with van der Waals surface area (Å²) >= 11 is 0. The highest BCUT2D eigenvalue weighted by Crippen LogP contribution is 2.27. The zero-order valence-corrected chi connectivity index (χ0v) is 12.1. The van der Waals surface area contributed by atoms with Crippen LogP contribution in [-0.4, -0.2) is 33.6 Å². The third-order valence-corrected chi connectivity index (χ3v) is 5.46. The molecule has 16 heavy (non-hydrogen) atoms. The van der Waals surface area contributed by atoms with Gasteiger partial charge in [0.25, 0.3) is 0 Å². The molecular formula is C11H29N3OSi. The van der Waals surface area contributed by atoms with Crippen LogP contribution in [0.4, 0.5) is 0 Å². The first-order valence-corrected chi connectivity index (χ1v) is 9.31. The monoisotopic (exact) mass is 247 g/mol. The van der Waals surface area contributed by atoms with Crippen molar-refractivity contribution in [1.82, 2.24) is 0 Å². The summed E-state index contributed by atoms with van der Waals surface area (Å²) < 4.78 is 6.33. The largest absolute Gasteiger partial charge is 0.412 e. The second-order valence-corrected chi connectivity index (χ2v) is 9.50. The molecule has 0 rings (SSSR count). The molecule has 5 heteroatoms. The maximum absolute atomic E-state index is 6.33. The van der Waals surface area contributed by atoms with Gasteiger partial charge < -0.3 is 21.6 Å². The molecular weight excluding hydrogens is 218 g/mol. The number of nitrogens with two attached hydrogens (primary N) is 3. The Bertz CT molecular complexity index is 182. The lowest BCUT2D eigenvalue weighted by atomic mass is 9.99. The fourth-order valence-corrected chi connectivity index (χ4v) is 4.78. The molecule has 0 aliphatic rings. The molecule has 0 spiro atoms. The van der Waals surface area contributed by atoms with Crippen molar-refractivity contribution in [2.24, 2.45) is 17.2 Å². The second-order valence-electron chi connectivity index (χ2n) is 5.28. The first-order chi connectivity index (χ1) is 7.39. The minimum absolute atomic E-state index is 0.145. The van der Waals surface area contributed by atoms with Crippen LogP contribution < -0.4 is 17.2 Å². The van der Waals surface area contributed by atoms with Gasteiger partial charge in [-0.05, 0) is 65.0 Å². The average molecular weight is 247 g/mol. The van der Waals surface area contributed by atoms with Crippen LogP contribution in [0.2, 0.25) is 19.1 Å². The van der Waals surface area contributed by atoms with Gasteiger partial charge in [-0.15, -0.1) is 0 Å². The minimum Gasteiger partial charge on any atom is -0.412 e. The Hall–Kier alpha value is 0.0569. The fourth-order valence-electron chi connectivity index (χ4n) is 2.08. The van der Waals surface area contributed by atoms with Gasteiger partial charge in [-0.2, -0.15) is 0 Å². The van der Waals surface area contributed by atoms with Gasteiger partial charge >= 0.3 is 0 Å². The van der Waals surface area contributed by atoms with E-state index in [0.29, 0.717) is 13.1 Å². The van der Waals surface area contributed by atoms with Crippen molar-refractivity contribution in [3.8, 4) is 0 Å². The highest BCUT2D eigenvalue weighted by Gasteiger charge is 2.33. The van der Waals surface area contributed by atoms with Gasteiger partial charge in [0.05, 0.1) is 5.60 Å². The van der Waals surface area contributed by atoms with E-state index in [1.165, 1.54) is 0 Å². The summed E-state index contributed by atoms with van der Waals surface area (Å²) in [7, 11) is -1.63. The van der Waals surface area contributed by atoms with Gasteiger partial charge in [-0.3, -0.25) is 0 Å². The highest BCUT2D eigenvalue weighted by atomic mass is 28.4. The molecule has 6 N–H and O–H groups in total. The van der Waals surface area contributed by atoms with Crippen LogP contribution >= 0.6 is 0 Å². The maximum Gasteiger partial charge on any atom is 0.187 e. The zero-order chi connectivity index (χ0) is 12.7. The molecule has 4 nitrogen and oxygen atoms in total. The van der Waals surface area contributed by atoms with Crippen molar-refractivity contribution < 1.29 is 4.43 Å². The standard InChI is InChI=1S/C11H29N3OSi/c1-11(5-8-13,6-9-14)15-16(2,3)10-4-7-12/h4-10,12-14H2,1-3H3. The van der Waals surface area contributed by atoms with E-state index in [0.717, 1.165) is 31.9 Å². The van der Waals surface area contributed by atoms with E-state index in [-0.39, 0.29) is 5.60 Å². The van der Waals surface area contributed by atoms with Crippen molar-refractivity contribution in [3.63, 3.8) is 0 Å². The molecule has 0 saturated carbocycles. The van der Waals surface area contributed by atoms with Gasteiger partial charge in [-0.1, -0.05) is 0 Å². The molecule has 0 bridgehead atoms. The molecule has 0 amide bonds. The molecule has 0 heterocycles. The molecule has 0 aromatic carbocycles. The molecule has 0 radical (unpaired) electrons. The fraction of sp³-hybridized carbons (Fsp3) is 1.00. The van der Waals surface area contributed by atoms with E-state index >= 15 is 0 Å². The summed E-state index contributed by atoms with van der Waals surface area (Å²) in [4.78, 5) is 0. The van der Waals surface area contributed by atoms with Crippen molar-refractivity contribution >= 4 is 8.32 Å². The molecule has 0 saturated heterocycles. The third-order valence-electron chi connectivity index (χ3n) is 2.85. The van der Waals surface area contributed by atoms with E-state index in [2.05, 4.69) is 20.0 Å². The summed E-state index contributed by atoms with van der Waals surface area (Å²) in [5.74, 6) is 0. The first kappa shape index (κ1) is 16.1. The third kappa shape index (κ3) is 6.60. The van der Waals surface area contributed by atoms with Gasteiger partial charge in [0.1, 0.15) is 0 Å². The predicted molar refractivity (Wildman–Crippen MR) is 72.8 cm³/mol. The van der Waals surface area contributed by atoms with Crippen molar-refractivity contribution in [3.05, 3.63) is 0 Å². The topological polar surface area (TPSA) is 87.3 Å². The Labute approximate surface area is 101 Å². The lowest BCUT2D eigenvalue weighted by molar-refractivity contribution is 0.0648. The Morgan fingerprint density at radius 1 is 1.00 bits per heavy atom. The van der Waals surface area contributed by atoms with E-state index in [9.17, 15) is 0 Å². The van der Waals surface area contributed by atoms with Crippen LogP contribution in [0.5, 0.6) is 0 Å². The normalized spacial score (nSPS) is 13.1. The highest BCUT2D eigenvalue weighted by molar-refractivity contribution is 6.71. The number of rotatable bonds is 9. The van der Waals surface area contributed by atoms with Crippen molar-refractivity contribution in [2.45, 2.75) is 50.9 Å². The quantitative estimate of drug-likeness (QED) is 0.531.